The molecule has 0 fully saturated rings. The van der Waals surface area contributed by atoms with Crippen molar-refractivity contribution in [2.45, 2.75) is 0 Å². The van der Waals surface area contributed by atoms with E-state index in [0.29, 0.717) is 0 Å². The number of rotatable bonds is 4. The van der Waals surface area contributed by atoms with Crippen LogP contribution in [0, 0.1) is 0 Å². The Balaban J connectivity index is 2.71. The third-order valence-electron chi connectivity index (χ3n) is 2.84. The highest BCUT2D eigenvalue weighted by Gasteiger charge is 2.11. The maximum absolute atomic E-state index is 5.43. The highest BCUT2D eigenvalue weighted by atomic mass is 16.5. The Morgan fingerprint density at radius 3 is 2.37 bits per heavy atom. The van der Waals surface area contributed by atoms with Gasteiger partial charge < -0.3 is 14.4 Å². The number of nitrogens with zero attached hydrogens (tertiary/aromatic N) is 2. The minimum absolute atomic E-state index is 0.746. The van der Waals surface area contributed by atoms with Crippen LogP contribution in [0.5, 0.6) is 11.5 Å². The molecule has 1 heterocycles. The summed E-state index contributed by atoms with van der Waals surface area (Å²) in [6, 6.07) is 5.73. The monoisotopic (exact) mass is 258 g/mol. The summed E-state index contributed by atoms with van der Waals surface area (Å²) in [5.41, 5.74) is 1.86. The summed E-state index contributed by atoms with van der Waals surface area (Å²) in [6.45, 7) is 0. The molecule has 0 atom stereocenters. The minimum atomic E-state index is 0.746. The van der Waals surface area contributed by atoms with Crippen LogP contribution in [0.3, 0.4) is 0 Å². The second-order valence-electron chi connectivity index (χ2n) is 4.37. The zero-order valence-electron chi connectivity index (χ0n) is 11.7. The average molecular weight is 258 g/mol. The number of aromatic nitrogens is 1. The molecule has 0 saturated heterocycles. The number of fused-ring (bicyclic) bond motifs is 1. The van der Waals surface area contributed by atoms with Crippen LogP contribution >= 0.6 is 0 Å². The third-order valence-corrected chi connectivity index (χ3v) is 2.84. The number of benzene rings is 1. The predicted molar refractivity (Wildman–Crippen MR) is 77.6 cm³/mol. The molecule has 0 aliphatic carbocycles. The molecule has 0 unspecified atom stereocenters. The predicted octanol–water partition coefficient (Wildman–Crippen LogP) is 2.78. The Bertz CT molecular complexity index is 606. The average Bonchev–Trinajstić information content (AvgIpc) is 2.43. The molecule has 2 aromatic rings. The van der Waals surface area contributed by atoms with E-state index in [-0.39, 0.29) is 0 Å². The largest absolute Gasteiger partial charge is 0.496 e. The van der Waals surface area contributed by atoms with Crippen LogP contribution < -0.4 is 9.47 Å². The summed E-state index contributed by atoms with van der Waals surface area (Å²) >= 11 is 0. The van der Waals surface area contributed by atoms with Gasteiger partial charge in [-0.3, -0.25) is 4.98 Å². The number of methoxy groups -OCH3 is 2. The maximum Gasteiger partial charge on any atom is 0.145 e. The first-order valence-electron chi connectivity index (χ1n) is 6.01. The molecule has 0 bridgehead atoms. The first-order chi connectivity index (χ1) is 9.17. The van der Waals surface area contributed by atoms with Gasteiger partial charge in [0.15, 0.2) is 0 Å². The fourth-order valence-electron chi connectivity index (χ4n) is 1.94. The quantitative estimate of drug-likeness (QED) is 0.844. The second-order valence-corrected chi connectivity index (χ2v) is 4.37. The maximum atomic E-state index is 5.43. The lowest BCUT2D eigenvalue weighted by atomic mass is 10.1. The minimum Gasteiger partial charge on any atom is -0.496 e. The molecule has 0 N–H and O–H groups in total. The van der Waals surface area contributed by atoms with Crippen molar-refractivity contribution in [2.24, 2.45) is 0 Å². The summed E-state index contributed by atoms with van der Waals surface area (Å²) < 4.78 is 10.8. The van der Waals surface area contributed by atoms with Crippen molar-refractivity contribution in [1.82, 2.24) is 9.88 Å². The van der Waals surface area contributed by atoms with Gasteiger partial charge in [-0.2, -0.15) is 0 Å². The van der Waals surface area contributed by atoms with Crippen LogP contribution in [0.4, 0.5) is 0 Å². The van der Waals surface area contributed by atoms with E-state index in [1.165, 1.54) is 0 Å². The highest BCUT2D eigenvalue weighted by molar-refractivity contribution is 5.96. The van der Waals surface area contributed by atoms with Gasteiger partial charge in [0.25, 0.3) is 0 Å². The Labute approximate surface area is 113 Å². The molecule has 1 aromatic heterocycles. The number of hydrogen-bond acceptors (Lipinski definition) is 4. The normalized spacial score (nSPS) is 10.9. The van der Waals surface area contributed by atoms with Gasteiger partial charge in [0.05, 0.1) is 19.6 Å². The van der Waals surface area contributed by atoms with Crippen molar-refractivity contribution in [3.63, 3.8) is 0 Å². The van der Waals surface area contributed by atoms with Gasteiger partial charge in [-0.1, -0.05) is 0 Å². The van der Waals surface area contributed by atoms with Crippen LogP contribution in [-0.2, 0) is 0 Å². The Hall–Kier alpha value is -2.23. The number of ether oxygens (including phenoxy) is 2. The van der Waals surface area contributed by atoms with Gasteiger partial charge in [0, 0.05) is 20.3 Å². The van der Waals surface area contributed by atoms with Crippen LogP contribution in [0.1, 0.15) is 5.56 Å². The standard InChI is InChI=1S/C15H18N2O2/c1-17(2)10-8-11-7-9-16-15-13(19-4)6-5-12(18-3)14(11)15/h5-10H,1-4H3. The summed E-state index contributed by atoms with van der Waals surface area (Å²) in [4.78, 5) is 6.38. The summed E-state index contributed by atoms with van der Waals surface area (Å²) in [5.74, 6) is 1.54. The molecular weight excluding hydrogens is 240 g/mol. The number of pyridine rings is 1. The van der Waals surface area contributed by atoms with Gasteiger partial charge in [-0.25, -0.2) is 0 Å². The highest BCUT2D eigenvalue weighted by Crippen LogP contribution is 2.34. The molecule has 1 aromatic carbocycles. The van der Waals surface area contributed by atoms with Crippen molar-refractivity contribution >= 4 is 17.0 Å². The van der Waals surface area contributed by atoms with Crippen LogP contribution in [0.25, 0.3) is 17.0 Å². The van der Waals surface area contributed by atoms with E-state index in [4.69, 9.17) is 9.47 Å². The molecule has 0 aliphatic heterocycles. The molecule has 19 heavy (non-hydrogen) atoms. The lowest BCUT2D eigenvalue weighted by Crippen LogP contribution is -2.00. The van der Waals surface area contributed by atoms with Crippen molar-refractivity contribution in [2.75, 3.05) is 28.3 Å². The van der Waals surface area contributed by atoms with Crippen molar-refractivity contribution < 1.29 is 9.47 Å². The van der Waals surface area contributed by atoms with Crippen LogP contribution in [-0.4, -0.2) is 38.2 Å². The van der Waals surface area contributed by atoms with Crippen molar-refractivity contribution in [1.29, 1.82) is 0 Å². The zero-order valence-corrected chi connectivity index (χ0v) is 11.7. The summed E-state index contributed by atoms with van der Waals surface area (Å²) in [5, 5.41) is 0.961. The molecule has 100 valence electrons. The molecule has 4 nitrogen and oxygen atoms in total. The van der Waals surface area contributed by atoms with Gasteiger partial charge in [0.2, 0.25) is 0 Å². The molecule has 4 heteroatoms. The van der Waals surface area contributed by atoms with Crippen LogP contribution in [0.15, 0.2) is 30.6 Å². The smallest absolute Gasteiger partial charge is 0.145 e. The topological polar surface area (TPSA) is 34.6 Å². The fourth-order valence-corrected chi connectivity index (χ4v) is 1.94. The fraction of sp³-hybridized carbons (Fsp3) is 0.267. The lowest BCUT2D eigenvalue weighted by molar-refractivity contribution is 0.409. The van der Waals surface area contributed by atoms with E-state index >= 15 is 0 Å². The zero-order chi connectivity index (χ0) is 13.8. The van der Waals surface area contributed by atoms with Crippen molar-refractivity contribution in [3.05, 3.63) is 36.2 Å². The van der Waals surface area contributed by atoms with E-state index in [0.717, 1.165) is 28.0 Å². The van der Waals surface area contributed by atoms with E-state index in [1.54, 1.807) is 20.4 Å². The van der Waals surface area contributed by atoms with Gasteiger partial charge in [-0.15, -0.1) is 0 Å². The van der Waals surface area contributed by atoms with E-state index in [9.17, 15) is 0 Å². The SMILES string of the molecule is COc1ccc(OC)c2c(C=CN(C)C)ccnc12. The number of hydrogen-bond donors (Lipinski definition) is 0. The molecule has 0 aliphatic rings. The summed E-state index contributed by atoms with van der Waals surface area (Å²) in [6.07, 6.45) is 5.80. The Morgan fingerprint density at radius 2 is 1.74 bits per heavy atom. The molecular formula is C15H18N2O2. The van der Waals surface area contributed by atoms with Gasteiger partial charge >= 0.3 is 0 Å². The molecule has 0 radical (unpaired) electrons. The first-order valence-corrected chi connectivity index (χ1v) is 6.01. The van der Waals surface area contributed by atoms with Gasteiger partial charge in [0.1, 0.15) is 17.0 Å². The lowest BCUT2D eigenvalue weighted by Gasteiger charge is -2.11. The Morgan fingerprint density at radius 1 is 1.05 bits per heavy atom. The Kier molecular flexibility index (Phi) is 3.90. The molecule has 0 amide bonds. The summed E-state index contributed by atoms with van der Waals surface area (Å²) in [7, 11) is 7.27. The van der Waals surface area contributed by atoms with E-state index in [1.807, 2.05) is 49.5 Å². The second kappa shape index (κ2) is 5.61. The molecule has 0 spiro atoms. The van der Waals surface area contributed by atoms with Crippen LogP contribution in [0.2, 0.25) is 0 Å². The first kappa shape index (κ1) is 13.2. The van der Waals surface area contributed by atoms with Crippen molar-refractivity contribution in [3.8, 4) is 11.5 Å². The third kappa shape index (κ3) is 2.62. The van der Waals surface area contributed by atoms with Gasteiger partial charge in [-0.05, 0) is 36.0 Å². The van der Waals surface area contributed by atoms with E-state index in [2.05, 4.69) is 4.98 Å². The van der Waals surface area contributed by atoms with E-state index < -0.39 is 0 Å². The molecule has 0 saturated carbocycles. The molecule has 2 rings (SSSR count).